The van der Waals surface area contributed by atoms with Crippen LogP contribution in [0.3, 0.4) is 0 Å². The molecule has 2 heterocycles. The number of phenols is 1. The van der Waals surface area contributed by atoms with Gasteiger partial charge in [-0.3, -0.25) is 14.5 Å². The van der Waals surface area contributed by atoms with Gasteiger partial charge >= 0.3 is 5.63 Å². The summed E-state index contributed by atoms with van der Waals surface area (Å²) in [6.07, 6.45) is 0.728. The monoisotopic (exact) mass is 462 g/mol. The molecule has 0 unspecified atom stereocenters. The van der Waals surface area contributed by atoms with Gasteiger partial charge in [-0.15, -0.1) is 0 Å². The minimum Gasteiger partial charge on any atom is -0.504 e. The molecule has 180 valence electrons. The standard InChI is InChI=1S/C23H30N2O8/c1-15-16(3-4-20(27)24-5-6-25-7-9-31-10-8-25)23(29)33-22-17(15)13-19(32-12-11-30-2)21(28)18(22)14-26/h13-14,28H,3-12H2,1-2H3,(H,24,27). The second-order valence-corrected chi connectivity index (χ2v) is 7.77. The summed E-state index contributed by atoms with van der Waals surface area (Å²) in [4.78, 5) is 38.7. The topological polar surface area (TPSA) is 128 Å². The Morgan fingerprint density at radius 2 is 2.06 bits per heavy atom. The van der Waals surface area contributed by atoms with Gasteiger partial charge in [0.25, 0.3) is 0 Å². The molecule has 1 amide bonds. The van der Waals surface area contributed by atoms with Gasteiger partial charge in [0.15, 0.2) is 23.4 Å². The Kier molecular flexibility index (Phi) is 8.81. The van der Waals surface area contributed by atoms with Crippen LogP contribution in [-0.2, 0) is 20.7 Å². The van der Waals surface area contributed by atoms with Gasteiger partial charge in [0.1, 0.15) is 12.2 Å². The van der Waals surface area contributed by atoms with Crippen molar-refractivity contribution < 1.29 is 33.3 Å². The summed E-state index contributed by atoms with van der Waals surface area (Å²) in [6, 6.07) is 1.53. The maximum Gasteiger partial charge on any atom is 0.339 e. The molecule has 33 heavy (non-hydrogen) atoms. The zero-order valence-electron chi connectivity index (χ0n) is 19.0. The number of rotatable bonds is 11. The number of aryl methyl sites for hydroxylation is 1. The molecule has 0 spiro atoms. The van der Waals surface area contributed by atoms with Gasteiger partial charge in [0, 0.05) is 50.7 Å². The summed E-state index contributed by atoms with van der Waals surface area (Å²) in [7, 11) is 1.52. The third-order valence-electron chi connectivity index (χ3n) is 5.67. The van der Waals surface area contributed by atoms with E-state index in [1.165, 1.54) is 13.2 Å². The lowest BCUT2D eigenvalue weighted by Crippen LogP contribution is -2.41. The number of ether oxygens (including phenoxy) is 3. The summed E-state index contributed by atoms with van der Waals surface area (Å²) in [6.45, 7) is 6.55. The van der Waals surface area contributed by atoms with E-state index in [2.05, 4.69) is 10.2 Å². The largest absolute Gasteiger partial charge is 0.504 e. The van der Waals surface area contributed by atoms with Crippen molar-refractivity contribution in [3.05, 3.63) is 33.2 Å². The fraction of sp³-hybridized carbons (Fsp3) is 0.522. The number of nitrogens with one attached hydrogen (secondary N) is 1. The lowest BCUT2D eigenvalue weighted by molar-refractivity contribution is -0.121. The number of hydrogen-bond donors (Lipinski definition) is 2. The van der Waals surface area contributed by atoms with Gasteiger partial charge in [-0.1, -0.05) is 0 Å². The number of fused-ring (bicyclic) bond motifs is 1. The fourth-order valence-corrected chi connectivity index (χ4v) is 3.76. The summed E-state index contributed by atoms with van der Waals surface area (Å²) < 4.78 is 21.1. The molecular formula is C23H30N2O8. The summed E-state index contributed by atoms with van der Waals surface area (Å²) in [5.74, 6) is -0.473. The number of aldehydes is 1. The van der Waals surface area contributed by atoms with Crippen molar-refractivity contribution >= 4 is 23.2 Å². The number of methoxy groups -OCH3 is 1. The third kappa shape index (κ3) is 6.10. The normalized spacial score (nSPS) is 14.4. The number of morpholine rings is 1. The van der Waals surface area contributed by atoms with Gasteiger partial charge in [0.2, 0.25) is 5.91 Å². The second kappa shape index (κ2) is 11.8. The Hall–Kier alpha value is -2.95. The van der Waals surface area contributed by atoms with Crippen LogP contribution in [0.1, 0.15) is 27.9 Å². The fourth-order valence-electron chi connectivity index (χ4n) is 3.76. The first-order chi connectivity index (χ1) is 16.0. The molecule has 0 bridgehead atoms. The molecule has 1 fully saturated rings. The van der Waals surface area contributed by atoms with E-state index in [0.29, 0.717) is 49.2 Å². The highest BCUT2D eigenvalue weighted by Gasteiger charge is 2.21. The zero-order chi connectivity index (χ0) is 23.8. The first kappa shape index (κ1) is 24.7. The Morgan fingerprint density at radius 3 is 2.76 bits per heavy atom. The van der Waals surface area contributed by atoms with E-state index in [1.807, 2.05) is 0 Å². The molecule has 1 aliphatic rings. The third-order valence-corrected chi connectivity index (χ3v) is 5.67. The maximum atomic E-state index is 12.6. The van der Waals surface area contributed by atoms with Crippen LogP contribution in [0.5, 0.6) is 11.5 Å². The van der Waals surface area contributed by atoms with Crippen molar-refractivity contribution in [3.8, 4) is 11.5 Å². The number of nitrogens with zero attached hydrogens (tertiary/aromatic N) is 1. The maximum absolute atomic E-state index is 12.6. The highest BCUT2D eigenvalue weighted by Crippen LogP contribution is 2.37. The van der Waals surface area contributed by atoms with E-state index < -0.39 is 11.4 Å². The van der Waals surface area contributed by atoms with Crippen molar-refractivity contribution in [3.63, 3.8) is 0 Å². The molecule has 0 saturated carbocycles. The van der Waals surface area contributed by atoms with Crippen LogP contribution in [0, 0.1) is 6.92 Å². The molecule has 10 heteroatoms. The molecular weight excluding hydrogens is 432 g/mol. The van der Waals surface area contributed by atoms with Crippen LogP contribution in [0.25, 0.3) is 11.0 Å². The van der Waals surface area contributed by atoms with Crippen LogP contribution < -0.4 is 15.7 Å². The summed E-state index contributed by atoms with van der Waals surface area (Å²) in [5, 5.41) is 13.7. The van der Waals surface area contributed by atoms with Gasteiger partial charge in [-0.25, -0.2) is 4.79 Å². The summed E-state index contributed by atoms with van der Waals surface area (Å²) in [5.41, 5.74) is 0.102. The summed E-state index contributed by atoms with van der Waals surface area (Å²) >= 11 is 0. The second-order valence-electron chi connectivity index (χ2n) is 7.77. The van der Waals surface area contributed by atoms with Crippen LogP contribution in [0.4, 0.5) is 0 Å². The Balaban J connectivity index is 1.73. The molecule has 3 rings (SSSR count). The van der Waals surface area contributed by atoms with Crippen molar-refractivity contribution in [2.75, 3.05) is 59.7 Å². The molecule has 1 saturated heterocycles. The van der Waals surface area contributed by atoms with Crippen LogP contribution in [-0.4, -0.2) is 81.9 Å². The molecule has 1 aliphatic heterocycles. The van der Waals surface area contributed by atoms with Crippen molar-refractivity contribution in [2.24, 2.45) is 0 Å². The van der Waals surface area contributed by atoms with Gasteiger partial charge in [0.05, 0.1) is 19.8 Å². The number of phenolic OH excluding ortho intramolecular Hbond substituents is 1. The quantitative estimate of drug-likeness (QED) is 0.286. The Morgan fingerprint density at radius 1 is 1.30 bits per heavy atom. The van der Waals surface area contributed by atoms with Gasteiger partial charge in [-0.05, 0) is 25.0 Å². The molecule has 1 aromatic carbocycles. The number of benzene rings is 1. The predicted molar refractivity (Wildman–Crippen MR) is 120 cm³/mol. The molecule has 0 atom stereocenters. The lowest BCUT2D eigenvalue weighted by Gasteiger charge is -2.26. The molecule has 10 nitrogen and oxygen atoms in total. The van der Waals surface area contributed by atoms with Crippen molar-refractivity contribution in [1.29, 1.82) is 0 Å². The number of carbonyl (C=O) groups excluding carboxylic acids is 2. The Labute approximate surface area is 191 Å². The minimum atomic E-state index is -0.642. The van der Waals surface area contributed by atoms with E-state index in [9.17, 15) is 19.5 Å². The molecule has 0 aliphatic carbocycles. The van der Waals surface area contributed by atoms with E-state index in [1.54, 1.807) is 6.92 Å². The Bertz CT molecular complexity index is 1040. The number of amides is 1. The van der Waals surface area contributed by atoms with Gasteiger partial charge < -0.3 is 29.1 Å². The predicted octanol–water partition coefficient (Wildman–Crippen LogP) is 1.03. The van der Waals surface area contributed by atoms with E-state index >= 15 is 0 Å². The zero-order valence-corrected chi connectivity index (χ0v) is 19.0. The van der Waals surface area contributed by atoms with E-state index in [0.717, 1.165) is 19.6 Å². The average molecular weight is 462 g/mol. The first-order valence-electron chi connectivity index (χ1n) is 10.9. The van der Waals surface area contributed by atoms with Crippen molar-refractivity contribution in [2.45, 2.75) is 19.8 Å². The van der Waals surface area contributed by atoms with E-state index in [4.69, 9.17) is 18.6 Å². The average Bonchev–Trinajstić information content (AvgIpc) is 2.81. The molecule has 0 radical (unpaired) electrons. The molecule has 1 aromatic heterocycles. The lowest BCUT2D eigenvalue weighted by atomic mass is 9.99. The molecule has 2 N–H and O–H groups in total. The van der Waals surface area contributed by atoms with Gasteiger partial charge in [-0.2, -0.15) is 0 Å². The first-order valence-corrected chi connectivity index (χ1v) is 10.9. The highest BCUT2D eigenvalue weighted by molar-refractivity contribution is 6.00. The number of aromatic hydroxyl groups is 1. The smallest absolute Gasteiger partial charge is 0.339 e. The van der Waals surface area contributed by atoms with Crippen LogP contribution in [0.15, 0.2) is 15.3 Å². The van der Waals surface area contributed by atoms with Crippen LogP contribution >= 0.6 is 0 Å². The van der Waals surface area contributed by atoms with Crippen LogP contribution in [0.2, 0.25) is 0 Å². The molecule has 2 aromatic rings. The minimum absolute atomic E-state index is 0.0113. The highest BCUT2D eigenvalue weighted by atomic mass is 16.5. The SMILES string of the molecule is COCCOc1cc2c(C)c(CCC(=O)NCCN3CCOCC3)c(=O)oc2c(C=O)c1O. The van der Waals surface area contributed by atoms with Crippen molar-refractivity contribution in [1.82, 2.24) is 10.2 Å². The number of carbonyl (C=O) groups is 2. The van der Waals surface area contributed by atoms with E-state index in [-0.39, 0.29) is 42.3 Å². The number of hydrogen-bond acceptors (Lipinski definition) is 9.